The number of hydrogen-bond donors (Lipinski definition) is 2. The van der Waals surface area contributed by atoms with Crippen molar-refractivity contribution in [1.82, 2.24) is 15.0 Å². The summed E-state index contributed by atoms with van der Waals surface area (Å²) in [5, 5.41) is 18.9. The monoisotopic (exact) mass is 350 g/mol. The summed E-state index contributed by atoms with van der Waals surface area (Å²) in [6.45, 7) is 0. The molecule has 1 saturated carbocycles. The van der Waals surface area contributed by atoms with Crippen LogP contribution >= 0.6 is 0 Å². The van der Waals surface area contributed by atoms with Crippen LogP contribution in [-0.4, -0.2) is 25.9 Å². The van der Waals surface area contributed by atoms with Gasteiger partial charge in [-0.3, -0.25) is 15.1 Å². The van der Waals surface area contributed by atoms with E-state index in [1.807, 2.05) is 30.3 Å². The number of pyridine rings is 1. The highest BCUT2D eigenvalue weighted by Gasteiger charge is 2.26. The Morgan fingerprint density at radius 2 is 1.81 bits per heavy atom. The Morgan fingerprint density at radius 1 is 1.04 bits per heavy atom. The molecule has 2 N–H and O–H groups in total. The SMILES string of the molecule is O=[N+]([O-])c1c(Nc2cccc3cccnc23)ncnc1NC1CCCC1. The van der Waals surface area contributed by atoms with Crippen molar-refractivity contribution in [2.45, 2.75) is 31.7 Å². The summed E-state index contributed by atoms with van der Waals surface area (Å²) in [5.74, 6) is 0.413. The van der Waals surface area contributed by atoms with Gasteiger partial charge in [0.05, 0.1) is 16.1 Å². The van der Waals surface area contributed by atoms with Gasteiger partial charge >= 0.3 is 5.69 Å². The largest absolute Gasteiger partial charge is 0.361 e. The second-order valence-corrected chi connectivity index (χ2v) is 6.31. The number of rotatable bonds is 5. The fraction of sp³-hybridized carbons (Fsp3) is 0.278. The van der Waals surface area contributed by atoms with Crippen LogP contribution in [0.5, 0.6) is 0 Å². The van der Waals surface area contributed by atoms with E-state index in [1.54, 1.807) is 6.20 Å². The average molecular weight is 350 g/mol. The van der Waals surface area contributed by atoms with E-state index in [1.165, 1.54) is 6.33 Å². The molecule has 0 amide bonds. The van der Waals surface area contributed by atoms with E-state index in [0.29, 0.717) is 5.69 Å². The molecular weight excluding hydrogens is 332 g/mol. The van der Waals surface area contributed by atoms with Crippen molar-refractivity contribution in [3.63, 3.8) is 0 Å². The fourth-order valence-corrected chi connectivity index (χ4v) is 3.34. The van der Waals surface area contributed by atoms with Crippen LogP contribution < -0.4 is 10.6 Å². The molecule has 2 aromatic heterocycles. The lowest BCUT2D eigenvalue weighted by molar-refractivity contribution is -0.383. The third kappa shape index (κ3) is 3.13. The molecule has 2 heterocycles. The Balaban J connectivity index is 1.72. The van der Waals surface area contributed by atoms with E-state index in [0.717, 1.165) is 36.6 Å². The molecule has 0 atom stereocenters. The van der Waals surface area contributed by atoms with Crippen LogP contribution in [0.3, 0.4) is 0 Å². The van der Waals surface area contributed by atoms with Gasteiger partial charge < -0.3 is 10.6 Å². The van der Waals surface area contributed by atoms with Gasteiger partial charge in [0, 0.05) is 17.6 Å². The van der Waals surface area contributed by atoms with Gasteiger partial charge in [-0.15, -0.1) is 0 Å². The lowest BCUT2D eigenvalue weighted by Crippen LogP contribution is -2.17. The number of aromatic nitrogens is 3. The topological polar surface area (TPSA) is 106 Å². The molecule has 0 saturated heterocycles. The molecule has 1 aliphatic rings. The first-order chi connectivity index (χ1) is 12.7. The Hall–Kier alpha value is -3.29. The zero-order valence-corrected chi connectivity index (χ0v) is 14.1. The van der Waals surface area contributed by atoms with Gasteiger partial charge in [0.1, 0.15) is 6.33 Å². The van der Waals surface area contributed by atoms with Gasteiger partial charge in [-0.2, -0.15) is 0 Å². The predicted octanol–water partition coefficient (Wildman–Crippen LogP) is 4.03. The summed E-state index contributed by atoms with van der Waals surface area (Å²) in [6, 6.07) is 9.64. The fourth-order valence-electron chi connectivity index (χ4n) is 3.34. The molecule has 26 heavy (non-hydrogen) atoms. The van der Waals surface area contributed by atoms with Crippen LogP contribution in [0.25, 0.3) is 10.9 Å². The van der Waals surface area contributed by atoms with Crippen molar-refractivity contribution in [2.24, 2.45) is 0 Å². The van der Waals surface area contributed by atoms with Crippen LogP contribution in [0.2, 0.25) is 0 Å². The minimum absolute atomic E-state index is 0.146. The van der Waals surface area contributed by atoms with E-state index in [4.69, 9.17) is 0 Å². The molecule has 3 aromatic rings. The molecule has 1 aromatic carbocycles. The van der Waals surface area contributed by atoms with Gasteiger partial charge in [0.15, 0.2) is 0 Å². The summed E-state index contributed by atoms with van der Waals surface area (Å²) in [5.41, 5.74) is 1.25. The van der Waals surface area contributed by atoms with Crippen molar-refractivity contribution in [1.29, 1.82) is 0 Å². The first-order valence-electron chi connectivity index (χ1n) is 8.59. The molecule has 0 bridgehead atoms. The first-order valence-corrected chi connectivity index (χ1v) is 8.59. The highest BCUT2D eigenvalue weighted by atomic mass is 16.6. The zero-order valence-electron chi connectivity index (χ0n) is 14.1. The van der Waals surface area contributed by atoms with E-state index in [2.05, 4.69) is 25.6 Å². The number of nitrogens with one attached hydrogen (secondary N) is 2. The molecule has 0 aliphatic heterocycles. The Bertz CT molecular complexity index is 950. The number of benzene rings is 1. The first kappa shape index (κ1) is 16.2. The smallest absolute Gasteiger partial charge is 0.353 e. The molecule has 0 unspecified atom stereocenters. The van der Waals surface area contributed by atoms with Crippen molar-refractivity contribution < 1.29 is 4.92 Å². The second kappa shape index (κ2) is 6.91. The molecule has 132 valence electrons. The number of hydrogen-bond acceptors (Lipinski definition) is 7. The maximum absolute atomic E-state index is 11.7. The van der Waals surface area contributed by atoms with E-state index < -0.39 is 4.92 Å². The third-order valence-electron chi connectivity index (χ3n) is 4.59. The molecule has 8 nitrogen and oxygen atoms in total. The van der Waals surface area contributed by atoms with E-state index >= 15 is 0 Å². The van der Waals surface area contributed by atoms with Crippen molar-refractivity contribution in [3.8, 4) is 0 Å². The van der Waals surface area contributed by atoms with Gasteiger partial charge in [-0.25, -0.2) is 9.97 Å². The van der Waals surface area contributed by atoms with E-state index in [9.17, 15) is 10.1 Å². The van der Waals surface area contributed by atoms with Gasteiger partial charge in [0.2, 0.25) is 11.6 Å². The van der Waals surface area contributed by atoms with Crippen LogP contribution in [0.4, 0.5) is 23.0 Å². The van der Waals surface area contributed by atoms with Gasteiger partial charge in [-0.1, -0.05) is 31.0 Å². The molecule has 0 spiro atoms. The Morgan fingerprint density at radius 3 is 2.62 bits per heavy atom. The molecule has 1 aliphatic carbocycles. The van der Waals surface area contributed by atoms with Crippen LogP contribution in [-0.2, 0) is 0 Å². The Kier molecular flexibility index (Phi) is 4.30. The highest BCUT2D eigenvalue weighted by Crippen LogP contribution is 2.34. The highest BCUT2D eigenvalue weighted by molar-refractivity contribution is 5.92. The zero-order chi connectivity index (χ0) is 17.9. The summed E-state index contributed by atoms with van der Waals surface area (Å²) >= 11 is 0. The number of para-hydroxylation sites is 1. The summed E-state index contributed by atoms with van der Waals surface area (Å²) in [7, 11) is 0. The van der Waals surface area contributed by atoms with Crippen LogP contribution in [0, 0.1) is 10.1 Å². The van der Waals surface area contributed by atoms with Crippen molar-refractivity contribution >= 4 is 33.9 Å². The summed E-state index contributed by atoms with van der Waals surface area (Å²) < 4.78 is 0. The maximum atomic E-state index is 11.7. The third-order valence-corrected chi connectivity index (χ3v) is 4.59. The minimum atomic E-state index is -0.446. The quantitative estimate of drug-likeness (QED) is 0.528. The number of fused-ring (bicyclic) bond motifs is 1. The summed E-state index contributed by atoms with van der Waals surface area (Å²) in [6.07, 6.45) is 7.28. The lowest BCUT2D eigenvalue weighted by Gasteiger charge is -2.14. The molecule has 0 radical (unpaired) electrons. The summed E-state index contributed by atoms with van der Waals surface area (Å²) in [4.78, 5) is 23.8. The second-order valence-electron chi connectivity index (χ2n) is 6.31. The number of nitro groups is 1. The molecule has 1 fully saturated rings. The van der Waals surface area contributed by atoms with Gasteiger partial charge in [-0.05, 0) is 25.0 Å². The number of nitrogens with zero attached hydrogens (tertiary/aromatic N) is 4. The van der Waals surface area contributed by atoms with Crippen molar-refractivity contribution in [3.05, 3.63) is 53.0 Å². The molecule has 4 rings (SSSR count). The Labute approximate surface area is 149 Å². The van der Waals surface area contributed by atoms with Gasteiger partial charge in [0.25, 0.3) is 0 Å². The van der Waals surface area contributed by atoms with E-state index in [-0.39, 0.29) is 23.4 Å². The maximum Gasteiger partial charge on any atom is 0.353 e. The molecule has 8 heteroatoms. The minimum Gasteiger partial charge on any atom is -0.361 e. The lowest BCUT2D eigenvalue weighted by atomic mass is 10.2. The van der Waals surface area contributed by atoms with Crippen molar-refractivity contribution in [2.75, 3.05) is 10.6 Å². The predicted molar refractivity (Wildman–Crippen MR) is 99.6 cm³/mol. The van der Waals surface area contributed by atoms with Crippen LogP contribution in [0.15, 0.2) is 42.9 Å². The normalized spacial score (nSPS) is 14.5. The average Bonchev–Trinajstić information content (AvgIpc) is 3.15. The molecular formula is C18H18N6O2. The van der Waals surface area contributed by atoms with Crippen LogP contribution in [0.1, 0.15) is 25.7 Å². The number of anilines is 3. The standard InChI is InChI=1S/C18H18N6O2/c25-24(26)16-17(22-13-7-1-2-8-13)20-11-21-18(16)23-14-9-3-5-12-6-4-10-19-15(12)14/h3-6,9-11,13H,1-2,7-8H2,(H2,20,21,22,23).